The molecule has 24 heavy (non-hydrogen) atoms. The summed E-state index contributed by atoms with van der Waals surface area (Å²) in [6.45, 7) is 7.39. The first-order valence-electron chi connectivity index (χ1n) is 8.33. The van der Waals surface area contributed by atoms with E-state index in [1.165, 1.54) is 5.56 Å². The van der Waals surface area contributed by atoms with Gasteiger partial charge in [0.05, 0.1) is 13.2 Å². The number of benzene rings is 1. The minimum Gasteiger partial charge on any atom is -0.378 e. The number of carbonyl (C=O) groups is 1. The lowest BCUT2D eigenvalue weighted by Gasteiger charge is -2.28. The summed E-state index contributed by atoms with van der Waals surface area (Å²) < 4.78 is 5.37. The van der Waals surface area contributed by atoms with Crippen LogP contribution >= 0.6 is 0 Å². The number of nitrogens with one attached hydrogen (secondary N) is 1. The molecule has 0 bridgehead atoms. The molecule has 1 aromatic heterocycles. The predicted molar refractivity (Wildman–Crippen MR) is 95.8 cm³/mol. The molecule has 0 saturated carbocycles. The maximum atomic E-state index is 12.5. The number of pyridine rings is 1. The third-order valence-corrected chi connectivity index (χ3v) is 4.19. The molecule has 5 nitrogen and oxygen atoms in total. The molecule has 5 heteroatoms. The number of anilines is 2. The fraction of sp³-hybridized carbons (Fsp3) is 0.368. The smallest absolute Gasteiger partial charge is 0.274 e. The van der Waals surface area contributed by atoms with Crippen LogP contribution in [0.2, 0.25) is 0 Å². The van der Waals surface area contributed by atoms with Gasteiger partial charge in [-0.3, -0.25) is 9.78 Å². The van der Waals surface area contributed by atoms with Crippen LogP contribution in [0.4, 0.5) is 11.4 Å². The third kappa shape index (κ3) is 3.92. The van der Waals surface area contributed by atoms with Crippen LogP contribution in [0.3, 0.4) is 0 Å². The fourth-order valence-corrected chi connectivity index (χ4v) is 2.71. The quantitative estimate of drug-likeness (QED) is 0.937. The van der Waals surface area contributed by atoms with E-state index < -0.39 is 0 Å². The van der Waals surface area contributed by atoms with Crippen LogP contribution in [0.15, 0.2) is 42.6 Å². The highest BCUT2D eigenvalue weighted by Crippen LogP contribution is 2.19. The Balaban J connectivity index is 1.70. The fourth-order valence-electron chi connectivity index (χ4n) is 2.71. The zero-order valence-corrected chi connectivity index (χ0v) is 14.2. The Morgan fingerprint density at radius 1 is 1.17 bits per heavy atom. The van der Waals surface area contributed by atoms with Crippen LogP contribution in [0.5, 0.6) is 0 Å². The predicted octanol–water partition coefficient (Wildman–Crippen LogP) is 3.29. The summed E-state index contributed by atoms with van der Waals surface area (Å²) in [7, 11) is 0. The first-order chi connectivity index (χ1) is 11.6. The highest BCUT2D eigenvalue weighted by Gasteiger charge is 2.14. The van der Waals surface area contributed by atoms with Gasteiger partial charge in [-0.15, -0.1) is 0 Å². The van der Waals surface area contributed by atoms with Crippen molar-refractivity contribution < 1.29 is 9.53 Å². The Bertz CT molecular complexity index is 692. The summed E-state index contributed by atoms with van der Waals surface area (Å²) in [6, 6.07) is 11.7. The average Bonchev–Trinajstić information content (AvgIpc) is 2.63. The zero-order valence-electron chi connectivity index (χ0n) is 14.2. The van der Waals surface area contributed by atoms with Gasteiger partial charge >= 0.3 is 0 Å². The number of rotatable bonds is 4. The topological polar surface area (TPSA) is 54.5 Å². The van der Waals surface area contributed by atoms with Gasteiger partial charge in [-0.2, -0.15) is 0 Å². The van der Waals surface area contributed by atoms with Gasteiger partial charge in [-0.05, 0) is 35.7 Å². The molecule has 1 saturated heterocycles. The maximum absolute atomic E-state index is 12.5. The SMILES string of the molecule is CC(C)c1ccc(NC(=O)c2cc(N3CCOCC3)ccn2)cc1. The molecule has 2 heterocycles. The first-order valence-corrected chi connectivity index (χ1v) is 8.33. The van der Waals surface area contributed by atoms with Crippen molar-refractivity contribution in [3.63, 3.8) is 0 Å². The maximum Gasteiger partial charge on any atom is 0.274 e. The number of nitrogens with zero attached hydrogens (tertiary/aromatic N) is 2. The molecule has 1 aliphatic heterocycles. The van der Waals surface area contributed by atoms with Gasteiger partial charge in [-0.25, -0.2) is 0 Å². The van der Waals surface area contributed by atoms with Crippen molar-refractivity contribution in [3.05, 3.63) is 53.9 Å². The summed E-state index contributed by atoms with van der Waals surface area (Å²) in [5, 5.41) is 2.91. The van der Waals surface area contributed by atoms with E-state index in [1.807, 2.05) is 36.4 Å². The van der Waals surface area contributed by atoms with Crippen LogP contribution in [0.1, 0.15) is 35.8 Å². The number of amides is 1. The number of aromatic nitrogens is 1. The minimum atomic E-state index is -0.192. The number of hydrogen-bond donors (Lipinski definition) is 1. The molecule has 0 unspecified atom stereocenters. The lowest BCUT2D eigenvalue weighted by Crippen LogP contribution is -2.36. The van der Waals surface area contributed by atoms with Crippen molar-refractivity contribution in [1.82, 2.24) is 4.98 Å². The van der Waals surface area contributed by atoms with Gasteiger partial charge in [0, 0.05) is 30.7 Å². The highest BCUT2D eigenvalue weighted by molar-refractivity contribution is 6.03. The van der Waals surface area contributed by atoms with Crippen molar-refractivity contribution in [3.8, 4) is 0 Å². The molecule has 1 N–H and O–H groups in total. The van der Waals surface area contributed by atoms with Gasteiger partial charge in [0.1, 0.15) is 5.69 Å². The number of hydrogen-bond acceptors (Lipinski definition) is 4. The molecular formula is C19H23N3O2. The van der Waals surface area contributed by atoms with E-state index in [-0.39, 0.29) is 5.91 Å². The van der Waals surface area contributed by atoms with E-state index in [0.717, 1.165) is 24.5 Å². The average molecular weight is 325 g/mol. The Hall–Kier alpha value is -2.40. The second-order valence-electron chi connectivity index (χ2n) is 6.23. The first kappa shape index (κ1) is 16.5. The summed E-state index contributed by atoms with van der Waals surface area (Å²) >= 11 is 0. The Labute approximate surface area is 142 Å². The van der Waals surface area contributed by atoms with Crippen LogP contribution in [-0.2, 0) is 4.74 Å². The zero-order chi connectivity index (χ0) is 16.9. The molecule has 0 radical (unpaired) electrons. The molecule has 1 aromatic carbocycles. The van der Waals surface area contributed by atoms with Crippen molar-refractivity contribution in [2.75, 3.05) is 36.5 Å². The van der Waals surface area contributed by atoms with E-state index in [0.29, 0.717) is 24.8 Å². The standard InChI is InChI=1S/C19H23N3O2/c1-14(2)15-3-5-16(6-4-15)21-19(23)18-13-17(7-8-20-18)22-9-11-24-12-10-22/h3-8,13-14H,9-12H2,1-2H3,(H,21,23). The van der Waals surface area contributed by atoms with E-state index >= 15 is 0 Å². The number of ether oxygens (including phenoxy) is 1. The molecule has 0 spiro atoms. The van der Waals surface area contributed by atoms with E-state index in [1.54, 1.807) is 6.20 Å². The Kier molecular flexibility index (Phi) is 5.11. The number of morpholine rings is 1. The summed E-state index contributed by atoms with van der Waals surface area (Å²) in [5.74, 6) is 0.282. The minimum absolute atomic E-state index is 0.192. The molecule has 3 rings (SSSR count). The molecule has 1 amide bonds. The molecule has 0 aliphatic carbocycles. The molecular weight excluding hydrogens is 302 g/mol. The van der Waals surface area contributed by atoms with E-state index in [2.05, 4.69) is 29.0 Å². The van der Waals surface area contributed by atoms with Crippen molar-refractivity contribution in [2.24, 2.45) is 0 Å². The monoisotopic (exact) mass is 325 g/mol. The highest BCUT2D eigenvalue weighted by atomic mass is 16.5. The second-order valence-corrected chi connectivity index (χ2v) is 6.23. The van der Waals surface area contributed by atoms with Gasteiger partial charge in [0.2, 0.25) is 0 Å². The van der Waals surface area contributed by atoms with Crippen LogP contribution in [0.25, 0.3) is 0 Å². The summed E-state index contributed by atoms with van der Waals surface area (Å²) in [5.41, 5.74) is 3.46. The largest absolute Gasteiger partial charge is 0.378 e. The van der Waals surface area contributed by atoms with Crippen LogP contribution < -0.4 is 10.2 Å². The van der Waals surface area contributed by atoms with E-state index in [9.17, 15) is 4.79 Å². The van der Waals surface area contributed by atoms with Gasteiger partial charge in [0.15, 0.2) is 0 Å². The van der Waals surface area contributed by atoms with Gasteiger partial charge < -0.3 is 15.0 Å². The van der Waals surface area contributed by atoms with E-state index in [4.69, 9.17) is 4.74 Å². The molecule has 2 aromatic rings. The van der Waals surface area contributed by atoms with Crippen molar-refractivity contribution in [1.29, 1.82) is 0 Å². The normalized spacial score (nSPS) is 14.7. The lowest BCUT2D eigenvalue weighted by atomic mass is 10.0. The van der Waals surface area contributed by atoms with Gasteiger partial charge in [0.25, 0.3) is 5.91 Å². The van der Waals surface area contributed by atoms with Crippen molar-refractivity contribution >= 4 is 17.3 Å². The van der Waals surface area contributed by atoms with Crippen LogP contribution in [0, 0.1) is 0 Å². The van der Waals surface area contributed by atoms with Crippen molar-refractivity contribution in [2.45, 2.75) is 19.8 Å². The third-order valence-electron chi connectivity index (χ3n) is 4.19. The Morgan fingerprint density at radius 3 is 2.54 bits per heavy atom. The van der Waals surface area contributed by atoms with Gasteiger partial charge in [-0.1, -0.05) is 26.0 Å². The number of carbonyl (C=O) groups excluding carboxylic acids is 1. The second kappa shape index (κ2) is 7.45. The van der Waals surface area contributed by atoms with Crippen LogP contribution in [-0.4, -0.2) is 37.2 Å². The lowest BCUT2D eigenvalue weighted by molar-refractivity contribution is 0.102. The Morgan fingerprint density at radius 2 is 1.88 bits per heavy atom. The summed E-state index contributed by atoms with van der Waals surface area (Å²) in [6.07, 6.45) is 1.68. The molecule has 0 atom stereocenters. The molecule has 1 aliphatic rings. The molecule has 126 valence electrons. The molecule has 1 fully saturated rings. The summed E-state index contributed by atoms with van der Waals surface area (Å²) in [4.78, 5) is 18.9.